The van der Waals surface area contributed by atoms with Gasteiger partial charge in [-0.3, -0.25) is 0 Å². The molecule has 0 aliphatic rings. The fourth-order valence-corrected chi connectivity index (χ4v) is 1.91. The van der Waals surface area contributed by atoms with Gasteiger partial charge in [0.05, 0.1) is 18.8 Å². The monoisotopic (exact) mass is 312 g/mol. The van der Waals surface area contributed by atoms with Crippen molar-refractivity contribution in [3.05, 3.63) is 53.7 Å². The van der Waals surface area contributed by atoms with E-state index in [1.165, 1.54) is 19.4 Å². The van der Waals surface area contributed by atoms with Crippen LogP contribution in [-0.4, -0.2) is 23.7 Å². The molecule has 0 aliphatic heterocycles. The van der Waals surface area contributed by atoms with E-state index in [0.29, 0.717) is 11.3 Å². The summed E-state index contributed by atoms with van der Waals surface area (Å²) in [6.45, 7) is -0.0909. The molecular formula is C15H15F3N2O2. The summed E-state index contributed by atoms with van der Waals surface area (Å²) in [6, 6.07) is 8.78. The Labute approximate surface area is 125 Å². The molecule has 2 rings (SSSR count). The molecule has 0 bridgehead atoms. The van der Waals surface area contributed by atoms with Gasteiger partial charge in [0.2, 0.25) is 0 Å². The van der Waals surface area contributed by atoms with Gasteiger partial charge < -0.3 is 15.2 Å². The van der Waals surface area contributed by atoms with Crippen LogP contribution in [0, 0.1) is 0 Å². The van der Waals surface area contributed by atoms with Gasteiger partial charge in [0, 0.05) is 12.7 Å². The minimum Gasteiger partial charge on any atom is -0.497 e. The summed E-state index contributed by atoms with van der Waals surface area (Å²) in [5, 5.41) is 12.6. The van der Waals surface area contributed by atoms with Gasteiger partial charge in [0.15, 0.2) is 0 Å². The van der Waals surface area contributed by atoms with Crippen molar-refractivity contribution in [2.24, 2.45) is 0 Å². The SMILES string of the molecule is COc1ccc(C(O)CNc2ncccc2C(F)(F)F)cc1. The number of anilines is 1. The highest BCUT2D eigenvalue weighted by atomic mass is 19.4. The zero-order valence-electron chi connectivity index (χ0n) is 11.8. The van der Waals surface area contributed by atoms with Crippen molar-refractivity contribution < 1.29 is 23.0 Å². The fourth-order valence-electron chi connectivity index (χ4n) is 1.91. The molecular weight excluding hydrogens is 297 g/mol. The fraction of sp³-hybridized carbons (Fsp3) is 0.267. The Morgan fingerprint density at radius 2 is 1.91 bits per heavy atom. The number of alkyl halides is 3. The summed E-state index contributed by atoms with van der Waals surface area (Å²) in [5.41, 5.74) is -0.297. The van der Waals surface area contributed by atoms with Gasteiger partial charge in [0.25, 0.3) is 0 Å². The van der Waals surface area contributed by atoms with E-state index in [2.05, 4.69) is 10.3 Å². The average molecular weight is 312 g/mol. The van der Waals surface area contributed by atoms with E-state index in [-0.39, 0.29) is 12.4 Å². The van der Waals surface area contributed by atoms with Crippen molar-refractivity contribution >= 4 is 5.82 Å². The number of rotatable bonds is 5. The lowest BCUT2D eigenvalue weighted by Gasteiger charge is -2.16. The Balaban J connectivity index is 2.06. The smallest absolute Gasteiger partial charge is 0.419 e. The van der Waals surface area contributed by atoms with E-state index in [0.717, 1.165) is 6.07 Å². The zero-order chi connectivity index (χ0) is 16.2. The van der Waals surface area contributed by atoms with E-state index in [4.69, 9.17) is 4.74 Å². The van der Waals surface area contributed by atoms with Crippen molar-refractivity contribution in [2.75, 3.05) is 19.0 Å². The van der Waals surface area contributed by atoms with Crippen LogP contribution in [0.5, 0.6) is 5.75 Å². The minimum absolute atomic E-state index is 0.0909. The molecule has 0 radical (unpaired) electrons. The zero-order valence-corrected chi connectivity index (χ0v) is 11.8. The number of aromatic nitrogens is 1. The molecule has 0 amide bonds. The molecule has 0 fully saturated rings. The van der Waals surface area contributed by atoms with E-state index in [9.17, 15) is 18.3 Å². The number of ether oxygens (including phenoxy) is 1. The van der Waals surface area contributed by atoms with Crippen molar-refractivity contribution in [3.63, 3.8) is 0 Å². The van der Waals surface area contributed by atoms with Gasteiger partial charge >= 0.3 is 6.18 Å². The second-order valence-corrected chi connectivity index (χ2v) is 4.57. The van der Waals surface area contributed by atoms with Gasteiger partial charge in [-0.05, 0) is 29.8 Å². The summed E-state index contributed by atoms with van der Waals surface area (Å²) in [6.07, 6.45) is -4.20. The van der Waals surface area contributed by atoms with Crippen molar-refractivity contribution in [1.82, 2.24) is 4.98 Å². The first kappa shape index (κ1) is 16.1. The third-order valence-corrected chi connectivity index (χ3v) is 3.08. The van der Waals surface area contributed by atoms with Crippen LogP contribution in [0.4, 0.5) is 19.0 Å². The Morgan fingerprint density at radius 1 is 1.23 bits per heavy atom. The predicted octanol–water partition coefficient (Wildman–Crippen LogP) is 3.25. The summed E-state index contributed by atoms with van der Waals surface area (Å²) < 4.78 is 43.5. The highest BCUT2D eigenvalue weighted by molar-refractivity contribution is 5.45. The molecule has 1 aromatic carbocycles. The molecule has 7 heteroatoms. The van der Waals surface area contributed by atoms with E-state index >= 15 is 0 Å². The van der Waals surface area contributed by atoms with Gasteiger partial charge in [-0.15, -0.1) is 0 Å². The third kappa shape index (κ3) is 3.88. The topological polar surface area (TPSA) is 54.4 Å². The summed E-state index contributed by atoms with van der Waals surface area (Å²) >= 11 is 0. The van der Waals surface area contributed by atoms with Crippen LogP contribution < -0.4 is 10.1 Å². The van der Waals surface area contributed by atoms with E-state index in [1.807, 2.05) is 0 Å². The molecule has 1 heterocycles. The molecule has 0 saturated carbocycles. The Kier molecular flexibility index (Phi) is 4.87. The molecule has 1 aromatic heterocycles. The van der Waals surface area contributed by atoms with Crippen molar-refractivity contribution in [3.8, 4) is 5.75 Å². The van der Waals surface area contributed by atoms with Crippen molar-refractivity contribution in [2.45, 2.75) is 12.3 Å². The van der Waals surface area contributed by atoms with E-state index in [1.54, 1.807) is 24.3 Å². The number of aliphatic hydroxyl groups excluding tert-OH is 1. The largest absolute Gasteiger partial charge is 0.497 e. The lowest BCUT2D eigenvalue weighted by molar-refractivity contribution is -0.137. The maximum Gasteiger partial charge on any atom is 0.419 e. The molecule has 22 heavy (non-hydrogen) atoms. The molecule has 2 N–H and O–H groups in total. The molecule has 1 atom stereocenters. The second-order valence-electron chi connectivity index (χ2n) is 4.57. The number of halogens is 3. The number of hydrogen-bond donors (Lipinski definition) is 2. The van der Waals surface area contributed by atoms with Crippen LogP contribution in [0.1, 0.15) is 17.2 Å². The second kappa shape index (κ2) is 6.65. The molecule has 0 aliphatic carbocycles. The molecule has 0 spiro atoms. The summed E-state index contributed by atoms with van der Waals surface area (Å²) in [4.78, 5) is 3.68. The molecule has 2 aromatic rings. The quantitative estimate of drug-likeness (QED) is 0.890. The molecule has 118 valence electrons. The maximum atomic E-state index is 12.8. The van der Waals surface area contributed by atoms with Crippen LogP contribution in [0.3, 0.4) is 0 Å². The van der Waals surface area contributed by atoms with Gasteiger partial charge in [-0.1, -0.05) is 12.1 Å². The molecule has 4 nitrogen and oxygen atoms in total. The number of methoxy groups -OCH3 is 1. The number of pyridine rings is 1. The number of hydrogen-bond acceptors (Lipinski definition) is 4. The highest BCUT2D eigenvalue weighted by Crippen LogP contribution is 2.33. The number of nitrogens with one attached hydrogen (secondary N) is 1. The van der Waals surface area contributed by atoms with Gasteiger partial charge in [-0.2, -0.15) is 13.2 Å². The summed E-state index contributed by atoms with van der Waals surface area (Å²) in [5.74, 6) is 0.329. The van der Waals surface area contributed by atoms with Crippen LogP contribution in [-0.2, 0) is 6.18 Å². The lowest BCUT2D eigenvalue weighted by Crippen LogP contribution is -2.17. The van der Waals surface area contributed by atoms with Gasteiger partial charge in [0.1, 0.15) is 11.6 Å². The average Bonchev–Trinajstić information content (AvgIpc) is 2.52. The van der Waals surface area contributed by atoms with Crippen LogP contribution in [0.2, 0.25) is 0 Å². The van der Waals surface area contributed by atoms with Gasteiger partial charge in [-0.25, -0.2) is 4.98 Å². The van der Waals surface area contributed by atoms with Crippen LogP contribution in [0.15, 0.2) is 42.6 Å². The van der Waals surface area contributed by atoms with E-state index < -0.39 is 17.8 Å². The Hall–Kier alpha value is -2.28. The predicted molar refractivity (Wildman–Crippen MR) is 75.7 cm³/mol. The van der Waals surface area contributed by atoms with Crippen LogP contribution >= 0.6 is 0 Å². The lowest BCUT2D eigenvalue weighted by atomic mass is 10.1. The number of aliphatic hydroxyl groups is 1. The standard InChI is InChI=1S/C15H15F3N2O2/c1-22-11-6-4-10(5-7-11)13(21)9-20-14-12(15(16,17)18)3-2-8-19-14/h2-8,13,21H,9H2,1H3,(H,19,20). The normalized spacial score (nSPS) is 12.8. The Morgan fingerprint density at radius 3 is 2.50 bits per heavy atom. The summed E-state index contributed by atoms with van der Waals surface area (Å²) in [7, 11) is 1.52. The first-order chi connectivity index (χ1) is 10.4. The first-order valence-electron chi connectivity index (χ1n) is 6.50. The molecule has 1 unspecified atom stereocenters. The number of benzene rings is 1. The highest BCUT2D eigenvalue weighted by Gasteiger charge is 2.34. The Bertz CT molecular complexity index is 615. The first-order valence-corrected chi connectivity index (χ1v) is 6.50. The maximum absolute atomic E-state index is 12.8. The van der Waals surface area contributed by atoms with Crippen molar-refractivity contribution in [1.29, 1.82) is 0 Å². The van der Waals surface area contributed by atoms with Crippen LogP contribution in [0.25, 0.3) is 0 Å². The minimum atomic E-state index is -4.50. The third-order valence-electron chi connectivity index (χ3n) is 3.08. The number of nitrogens with zero attached hydrogens (tertiary/aromatic N) is 1. The molecule has 0 saturated heterocycles.